The van der Waals surface area contributed by atoms with E-state index in [0.717, 1.165) is 87.3 Å². The SMILES string of the molecule is CCCCC/C=C\C/C=C\CCCCCCCCOCC(CN1CCCC1C)OCCCOC(=O)CCC(=O)O[C@H]1CC[C@@]2(C)C(=CCC3C2CC[C@@]2(C)C3CC[C@@H]2[C@H](C)CCCC(C)C)C1. The first-order chi connectivity index (χ1) is 32.4. The third-order valence-corrected chi connectivity index (χ3v) is 17.9. The van der Waals surface area contributed by atoms with E-state index in [1.807, 2.05) is 0 Å². The molecule has 5 rings (SSSR count). The van der Waals surface area contributed by atoms with Crippen molar-refractivity contribution >= 4 is 11.9 Å². The van der Waals surface area contributed by atoms with Gasteiger partial charge in [0.2, 0.25) is 0 Å². The third-order valence-electron chi connectivity index (χ3n) is 17.9. The van der Waals surface area contributed by atoms with Crippen LogP contribution >= 0.6 is 0 Å². The maximum atomic E-state index is 13.0. The van der Waals surface area contributed by atoms with Crippen LogP contribution in [0.4, 0.5) is 0 Å². The molecular weight excluding hydrogens is 831 g/mol. The highest BCUT2D eigenvalue weighted by Gasteiger charge is 2.59. The first-order valence-electron chi connectivity index (χ1n) is 28.7. The maximum Gasteiger partial charge on any atom is 0.306 e. The fraction of sp³-hybridized carbons (Fsp3) is 0.867. The fourth-order valence-electron chi connectivity index (χ4n) is 13.9. The van der Waals surface area contributed by atoms with Crippen LogP contribution < -0.4 is 0 Å². The van der Waals surface area contributed by atoms with Gasteiger partial charge in [0.1, 0.15) is 6.10 Å². The van der Waals surface area contributed by atoms with E-state index in [0.29, 0.717) is 37.7 Å². The molecule has 5 unspecified atom stereocenters. The summed E-state index contributed by atoms with van der Waals surface area (Å²) < 4.78 is 24.1. The zero-order valence-corrected chi connectivity index (χ0v) is 44.5. The molecule has 0 spiro atoms. The minimum atomic E-state index is -0.336. The Labute approximate surface area is 412 Å². The molecule has 0 aromatic carbocycles. The van der Waals surface area contributed by atoms with Gasteiger partial charge in [-0.2, -0.15) is 0 Å². The van der Waals surface area contributed by atoms with Crippen molar-refractivity contribution in [2.24, 2.45) is 46.3 Å². The largest absolute Gasteiger partial charge is 0.466 e. The van der Waals surface area contributed by atoms with E-state index in [1.165, 1.54) is 134 Å². The van der Waals surface area contributed by atoms with Gasteiger partial charge in [-0.3, -0.25) is 14.5 Å². The maximum absolute atomic E-state index is 13.0. The number of rotatable bonds is 33. The van der Waals surface area contributed by atoms with Crippen LogP contribution in [0, 0.1) is 46.3 Å². The van der Waals surface area contributed by atoms with E-state index in [9.17, 15) is 9.59 Å². The molecule has 5 aliphatic rings. The topological polar surface area (TPSA) is 74.3 Å². The minimum Gasteiger partial charge on any atom is -0.466 e. The number of unbranched alkanes of at least 4 members (excludes halogenated alkanes) is 9. The number of carbonyl (C=O) groups excluding carboxylic acids is 2. The Balaban J connectivity index is 0.911. The molecule has 7 nitrogen and oxygen atoms in total. The number of carbonyl (C=O) groups is 2. The molecule has 0 radical (unpaired) electrons. The van der Waals surface area contributed by atoms with Crippen molar-refractivity contribution in [3.05, 3.63) is 36.0 Å². The van der Waals surface area contributed by atoms with Gasteiger partial charge in [0, 0.05) is 32.0 Å². The lowest BCUT2D eigenvalue weighted by molar-refractivity contribution is -0.155. The number of allylic oxidation sites excluding steroid dienone is 5. The predicted octanol–water partition coefficient (Wildman–Crippen LogP) is 15.4. The summed E-state index contributed by atoms with van der Waals surface area (Å²) in [4.78, 5) is 28.2. The van der Waals surface area contributed by atoms with Crippen LogP contribution in [0.15, 0.2) is 36.0 Å². The lowest BCUT2D eigenvalue weighted by Gasteiger charge is -2.58. The number of hydrogen-bond acceptors (Lipinski definition) is 7. The summed E-state index contributed by atoms with van der Waals surface area (Å²) in [7, 11) is 0. The highest BCUT2D eigenvalue weighted by molar-refractivity contribution is 5.77. The fourth-order valence-corrected chi connectivity index (χ4v) is 13.9. The molecule has 1 saturated heterocycles. The first-order valence-corrected chi connectivity index (χ1v) is 28.7. The Bertz CT molecular complexity index is 1500. The number of esters is 2. The lowest BCUT2D eigenvalue weighted by atomic mass is 9.47. The molecule has 0 N–H and O–H groups in total. The Morgan fingerprint density at radius 1 is 0.776 bits per heavy atom. The van der Waals surface area contributed by atoms with Crippen molar-refractivity contribution in [3.8, 4) is 0 Å². The molecule has 0 bridgehead atoms. The molecule has 1 aliphatic heterocycles. The molecule has 7 heteroatoms. The second kappa shape index (κ2) is 30.0. The van der Waals surface area contributed by atoms with Crippen LogP contribution in [0.25, 0.3) is 0 Å². The van der Waals surface area contributed by atoms with Crippen molar-refractivity contribution in [2.45, 2.75) is 246 Å². The van der Waals surface area contributed by atoms with E-state index < -0.39 is 0 Å². The summed E-state index contributed by atoms with van der Waals surface area (Å²) >= 11 is 0. The minimum absolute atomic E-state index is 0.00987. The average molecular weight is 934 g/mol. The molecule has 67 heavy (non-hydrogen) atoms. The highest BCUT2D eigenvalue weighted by Crippen LogP contribution is 2.67. The highest BCUT2D eigenvalue weighted by atomic mass is 16.6. The van der Waals surface area contributed by atoms with Gasteiger partial charge in [0.15, 0.2) is 0 Å². The molecule has 4 fully saturated rings. The van der Waals surface area contributed by atoms with Gasteiger partial charge in [0.05, 0.1) is 38.8 Å². The molecule has 0 amide bonds. The summed E-state index contributed by atoms with van der Waals surface area (Å²) in [5.41, 5.74) is 2.26. The zero-order valence-electron chi connectivity index (χ0n) is 44.5. The van der Waals surface area contributed by atoms with Crippen LogP contribution in [-0.2, 0) is 28.5 Å². The molecule has 3 saturated carbocycles. The smallest absolute Gasteiger partial charge is 0.306 e. The Morgan fingerprint density at radius 2 is 1.52 bits per heavy atom. The second-order valence-electron chi connectivity index (χ2n) is 23.4. The summed E-state index contributed by atoms with van der Waals surface area (Å²) in [6.45, 7) is 21.3. The Kier molecular flexibility index (Phi) is 25.1. The lowest BCUT2D eigenvalue weighted by Crippen LogP contribution is -2.51. The van der Waals surface area contributed by atoms with E-state index in [-0.39, 0.29) is 42.4 Å². The predicted molar refractivity (Wildman–Crippen MR) is 278 cm³/mol. The molecule has 10 atom stereocenters. The number of nitrogens with zero attached hydrogens (tertiary/aromatic N) is 1. The molecule has 384 valence electrons. The number of fused-ring (bicyclic) bond motifs is 5. The van der Waals surface area contributed by atoms with Crippen LogP contribution in [-0.4, -0.2) is 74.6 Å². The summed E-state index contributed by atoms with van der Waals surface area (Å²) in [6.07, 6.45) is 43.8. The average Bonchev–Trinajstić information content (AvgIpc) is 3.88. The Hall–Kier alpha value is -1.96. The van der Waals surface area contributed by atoms with Gasteiger partial charge in [-0.15, -0.1) is 0 Å². The quantitative estimate of drug-likeness (QED) is 0.0369. The molecule has 0 aromatic rings. The van der Waals surface area contributed by atoms with Gasteiger partial charge in [-0.05, 0) is 156 Å². The van der Waals surface area contributed by atoms with Crippen molar-refractivity contribution in [1.82, 2.24) is 4.90 Å². The van der Waals surface area contributed by atoms with Crippen molar-refractivity contribution in [1.29, 1.82) is 0 Å². The first kappa shape index (κ1) is 56.0. The van der Waals surface area contributed by atoms with E-state index in [4.69, 9.17) is 18.9 Å². The summed E-state index contributed by atoms with van der Waals surface area (Å²) in [5.74, 6) is 4.31. The molecule has 4 aliphatic carbocycles. The second-order valence-corrected chi connectivity index (χ2v) is 23.4. The normalized spacial score (nSPS) is 29.5. The van der Waals surface area contributed by atoms with E-state index in [1.54, 1.807) is 0 Å². The van der Waals surface area contributed by atoms with Gasteiger partial charge in [-0.1, -0.05) is 135 Å². The monoisotopic (exact) mass is 934 g/mol. The van der Waals surface area contributed by atoms with E-state index >= 15 is 0 Å². The van der Waals surface area contributed by atoms with Crippen LogP contribution in [0.5, 0.6) is 0 Å². The Morgan fingerprint density at radius 3 is 2.27 bits per heavy atom. The van der Waals surface area contributed by atoms with Gasteiger partial charge < -0.3 is 18.9 Å². The summed E-state index contributed by atoms with van der Waals surface area (Å²) in [5, 5.41) is 0. The molecule has 0 aromatic heterocycles. The van der Waals surface area contributed by atoms with Crippen molar-refractivity contribution < 1.29 is 28.5 Å². The van der Waals surface area contributed by atoms with Gasteiger partial charge in [-0.25, -0.2) is 0 Å². The standard InChI is InChI=1S/C60H103NO6/c1-8-9-10-11-12-13-14-15-16-17-18-19-20-21-22-23-41-64-46-52(45-61-40-25-29-49(61)5)65-42-26-43-66-57(62)34-35-58(63)67-51-36-38-59(6)50(44-51)30-31-53-55-33-32-54(48(4)28-24-27-47(2)3)60(55,7)39-37-56(53)59/h12-13,15-16,30,47-49,51-56H,8-11,14,17-29,31-46H2,1-7H3/b13-12-,16-15-/t48-,49?,51+,52?,53?,54-,55?,56?,59+,60-/m1/s1. The van der Waals surface area contributed by atoms with Crippen molar-refractivity contribution in [3.63, 3.8) is 0 Å². The van der Waals surface area contributed by atoms with Gasteiger partial charge in [0.25, 0.3) is 0 Å². The van der Waals surface area contributed by atoms with Crippen molar-refractivity contribution in [2.75, 3.05) is 39.5 Å². The molecular formula is C60H103NO6. The van der Waals surface area contributed by atoms with Gasteiger partial charge >= 0.3 is 11.9 Å². The zero-order chi connectivity index (χ0) is 47.9. The van der Waals surface area contributed by atoms with Crippen LogP contribution in [0.3, 0.4) is 0 Å². The van der Waals surface area contributed by atoms with Crippen LogP contribution in [0.1, 0.15) is 228 Å². The van der Waals surface area contributed by atoms with Crippen LogP contribution in [0.2, 0.25) is 0 Å². The number of likely N-dealkylation sites (tertiary alicyclic amines) is 1. The van der Waals surface area contributed by atoms with E-state index in [2.05, 4.69) is 83.7 Å². The number of ether oxygens (including phenoxy) is 4. The number of hydrogen-bond donors (Lipinski definition) is 0. The summed E-state index contributed by atoms with van der Waals surface area (Å²) in [6, 6.07) is 0.577. The third kappa shape index (κ3) is 18.0. The molecule has 1 heterocycles.